The third kappa shape index (κ3) is 3.49. The zero-order chi connectivity index (χ0) is 12.9. The first kappa shape index (κ1) is 13.6. The summed E-state index contributed by atoms with van der Waals surface area (Å²) in [6.45, 7) is 6.04. The Bertz CT molecular complexity index is 388. The van der Waals surface area contributed by atoms with Crippen LogP contribution in [0.5, 0.6) is 0 Å². The number of nitrogens with one attached hydrogen (secondary N) is 1. The lowest BCUT2D eigenvalue weighted by atomic mass is 9.93. The molecule has 1 amide bonds. The van der Waals surface area contributed by atoms with Gasteiger partial charge in [0.15, 0.2) is 0 Å². The summed E-state index contributed by atoms with van der Waals surface area (Å²) in [5, 5.41) is 2.81. The highest BCUT2D eigenvalue weighted by Gasteiger charge is 2.29. The number of carbonyl (C=O) groups excluding carboxylic acids is 1. The van der Waals surface area contributed by atoms with Gasteiger partial charge in [0.1, 0.15) is 5.82 Å². The molecule has 0 atom stereocenters. The molecule has 0 aliphatic rings. The van der Waals surface area contributed by atoms with Crippen molar-refractivity contribution in [2.75, 3.05) is 0 Å². The first-order chi connectivity index (χ1) is 8.01. The molecule has 1 heterocycles. The Labute approximate surface area is 102 Å². The summed E-state index contributed by atoms with van der Waals surface area (Å²) in [7, 11) is 0. The van der Waals surface area contributed by atoms with Crippen LogP contribution in [0.15, 0.2) is 12.3 Å². The number of carbonyl (C=O) groups is 1. The van der Waals surface area contributed by atoms with Crippen molar-refractivity contribution in [1.82, 2.24) is 15.3 Å². The molecule has 1 aromatic rings. The smallest absolute Gasteiger partial charge is 0.240 e. The van der Waals surface area contributed by atoms with Gasteiger partial charge in [-0.05, 0) is 25.8 Å². The predicted molar refractivity (Wildman–Crippen MR) is 66.1 cm³/mol. The Kier molecular flexibility index (Phi) is 4.57. The largest absolute Gasteiger partial charge is 0.349 e. The monoisotopic (exact) mass is 236 g/mol. The lowest BCUT2D eigenvalue weighted by molar-refractivity contribution is -0.126. The van der Waals surface area contributed by atoms with Crippen LogP contribution in [0.2, 0.25) is 0 Å². The van der Waals surface area contributed by atoms with Gasteiger partial charge in [0.2, 0.25) is 5.91 Å². The molecule has 3 N–H and O–H groups in total. The molecular weight excluding hydrogens is 216 g/mol. The standard InChI is InChI=1S/C12H20N4O/c1-4-12(13,5-2)11(17)15-8-10-6-7-14-9(3)16-10/h6-7H,4-5,8,13H2,1-3H3,(H,15,17). The van der Waals surface area contributed by atoms with E-state index >= 15 is 0 Å². The van der Waals surface area contributed by atoms with Gasteiger partial charge in [0.05, 0.1) is 17.8 Å². The van der Waals surface area contributed by atoms with E-state index < -0.39 is 5.54 Å². The molecule has 0 aliphatic heterocycles. The molecule has 94 valence electrons. The van der Waals surface area contributed by atoms with Gasteiger partial charge >= 0.3 is 0 Å². The number of amides is 1. The second-order valence-electron chi connectivity index (χ2n) is 4.14. The average molecular weight is 236 g/mol. The SMILES string of the molecule is CCC(N)(CC)C(=O)NCc1ccnc(C)n1. The van der Waals surface area contributed by atoms with Crippen LogP contribution >= 0.6 is 0 Å². The lowest BCUT2D eigenvalue weighted by Gasteiger charge is -2.25. The van der Waals surface area contributed by atoms with Crippen molar-refractivity contribution in [2.45, 2.75) is 45.7 Å². The fourth-order valence-corrected chi connectivity index (χ4v) is 1.52. The van der Waals surface area contributed by atoms with E-state index in [-0.39, 0.29) is 5.91 Å². The zero-order valence-corrected chi connectivity index (χ0v) is 10.7. The summed E-state index contributed by atoms with van der Waals surface area (Å²) < 4.78 is 0. The van der Waals surface area contributed by atoms with Crippen LogP contribution < -0.4 is 11.1 Å². The number of aromatic nitrogens is 2. The Morgan fingerprint density at radius 2 is 2.12 bits per heavy atom. The minimum absolute atomic E-state index is 0.126. The molecule has 1 rings (SSSR count). The molecule has 0 aromatic carbocycles. The van der Waals surface area contributed by atoms with Crippen molar-refractivity contribution < 1.29 is 4.79 Å². The van der Waals surface area contributed by atoms with Gasteiger partial charge in [-0.25, -0.2) is 9.97 Å². The summed E-state index contributed by atoms with van der Waals surface area (Å²) in [6.07, 6.45) is 2.93. The molecule has 0 aliphatic carbocycles. The van der Waals surface area contributed by atoms with Crippen LogP contribution in [0, 0.1) is 6.92 Å². The number of rotatable bonds is 5. The van der Waals surface area contributed by atoms with E-state index in [1.54, 1.807) is 12.3 Å². The van der Waals surface area contributed by atoms with E-state index in [1.165, 1.54) is 0 Å². The van der Waals surface area contributed by atoms with Gasteiger partial charge in [-0.15, -0.1) is 0 Å². The van der Waals surface area contributed by atoms with Crippen molar-refractivity contribution >= 4 is 5.91 Å². The summed E-state index contributed by atoms with van der Waals surface area (Å²) in [4.78, 5) is 20.1. The minimum atomic E-state index is -0.776. The average Bonchev–Trinajstić information content (AvgIpc) is 2.35. The van der Waals surface area contributed by atoms with Gasteiger partial charge in [-0.2, -0.15) is 0 Å². The number of hydrogen-bond donors (Lipinski definition) is 2. The Morgan fingerprint density at radius 3 is 2.65 bits per heavy atom. The second-order valence-corrected chi connectivity index (χ2v) is 4.14. The molecule has 0 saturated heterocycles. The molecule has 17 heavy (non-hydrogen) atoms. The van der Waals surface area contributed by atoms with Crippen LogP contribution in [-0.4, -0.2) is 21.4 Å². The van der Waals surface area contributed by atoms with Crippen LogP contribution in [-0.2, 0) is 11.3 Å². The van der Waals surface area contributed by atoms with Crippen molar-refractivity contribution in [3.63, 3.8) is 0 Å². The van der Waals surface area contributed by atoms with Crippen LogP contribution in [0.3, 0.4) is 0 Å². The maximum atomic E-state index is 11.9. The van der Waals surface area contributed by atoms with Crippen molar-refractivity contribution in [3.05, 3.63) is 23.8 Å². The number of hydrogen-bond acceptors (Lipinski definition) is 4. The summed E-state index contributed by atoms with van der Waals surface area (Å²) in [5.74, 6) is 0.570. The topological polar surface area (TPSA) is 80.9 Å². The van der Waals surface area contributed by atoms with Crippen molar-refractivity contribution in [1.29, 1.82) is 0 Å². The van der Waals surface area contributed by atoms with E-state index in [2.05, 4.69) is 15.3 Å². The zero-order valence-electron chi connectivity index (χ0n) is 10.7. The fourth-order valence-electron chi connectivity index (χ4n) is 1.52. The van der Waals surface area contributed by atoms with Gasteiger partial charge in [0, 0.05) is 6.20 Å². The van der Waals surface area contributed by atoms with Gasteiger partial charge < -0.3 is 11.1 Å². The summed E-state index contributed by atoms with van der Waals surface area (Å²) in [5.41, 5.74) is 6.01. The summed E-state index contributed by atoms with van der Waals surface area (Å²) in [6, 6.07) is 1.78. The first-order valence-corrected chi connectivity index (χ1v) is 5.87. The minimum Gasteiger partial charge on any atom is -0.349 e. The van der Waals surface area contributed by atoms with Gasteiger partial charge in [0.25, 0.3) is 0 Å². The molecular formula is C12H20N4O. The molecule has 1 aromatic heterocycles. The fraction of sp³-hybridized carbons (Fsp3) is 0.583. The van der Waals surface area contributed by atoms with Crippen molar-refractivity contribution in [3.8, 4) is 0 Å². The Morgan fingerprint density at radius 1 is 1.47 bits per heavy atom. The van der Waals surface area contributed by atoms with Gasteiger partial charge in [-0.1, -0.05) is 13.8 Å². The quantitative estimate of drug-likeness (QED) is 0.796. The van der Waals surface area contributed by atoms with E-state index in [9.17, 15) is 4.79 Å². The van der Waals surface area contributed by atoms with Crippen LogP contribution in [0.25, 0.3) is 0 Å². The molecule has 5 nitrogen and oxygen atoms in total. The molecule has 0 bridgehead atoms. The highest BCUT2D eigenvalue weighted by Crippen LogP contribution is 2.11. The van der Waals surface area contributed by atoms with E-state index in [0.29, 0.717) is 25.2 Å². The molecule has 0 spiro atoms. The first-order valence-electron chi connectivity index (χ1n) is 5.87. The summed E-state index contributed by atoms with van der Waals surface area (Å²) >= 11 is 0. The van der Waals surface area contributed by atoms with E-state index in [1.807, 2.05) is 20.8 Å². The number of aryl methyl sites for hydroxylation is 1. The third-order valence-electron chi connectivity index (χ3n) is 2.98. The van der Waals surface area contributed by atoms with Crippen LogP contribution in [0.1, 0.15) is 38.2 Å². The highest BCUT2D eigenvalue weighted by atomic mass is 16.2. The van der Waals surface area contributed by atoms with E-state index in [4.69, 9.17) is 5.73 Å². The predicted octanol–water partition coefficient (Wildman–Crippen LogP) is 0.919. The molecule has 0 fully saturated rings. The van der Waals surface area contributed by atoms with E-state index in [0.717, 1.165) is 5.69 Å². The molecule has 0 radical (unpaired) electrons. The molecule has 0 unspecified atom stereocenters. The van der Waals surface area contributed by atoms with Crippen LogP contribution in [0.4, 0.5) is 0 Å². The normalized spacial score (nSPS) is 11.3. The molecule has 5 heteroatoms. The Hall–Kier alpha value is -1.49. The number of nitrogens with two attached hydrogens (primary N) is 1. The van der Waals surface area contributed by atoms with Gasteiger partial charge in [-0.3, -0.25) is 4.79 Å². The highest BCUT2D eigenvalue weighted by molar-refractivity contribution is 5.85. The Balaban J connectivity index is 2.59. The third-order valence-corrected chi connectivity index (χ3v) is 2.98. The second kappa shape index (κ2) is 5.72. The molecule has 0 saturated carbocycles. The maximum absolute atomic E-state index is 11.9. The maximum Gasteiger partial charge on any atom is 0.240 e. The van der Waals surface area contributed by atoms with Crippen molar-refractivity contribution in [2.24, 2.45) is 5.73 Å². The number of nitrogens with zero attached hydrogens (tertiary/aromatic N) is 2. The lowest BCUT2D eigenvalue weighted by Crippen LogP contribution is -2.52.